The number of hydrogen-bond donors (Lipinski definition) is 2. The minimum absolute atomic E-state index is 0.247. The highest BCUT2D eigenvalue weighted by atomic mass is 16.5. The van der Waals surface area contributed by atoms with Crippen LogP contribution in [-0.2, 0) is 6.54 Å². The zero-order chi connectivity index (χ0) is 15.9. The summed E-state index contributed by atoms with van der Waals surface area (Å²) in [5.41, 5.74) is 2.77. The van der Waals surface area contributed by atoms with Crippen molar-refractivity contribution in [1.82, 2.24) is 5.32 Å². The lowest BCUT2D eigenvalue weighted by molar-refractivity contribution is 0.251. The topological polar surface area (TPSA) is 53.6 Å². The summed E-state index contributed by atoms with van der Waals surface area (Å²) in [6.45, 7) is 0.408. The van der Waals surface area contributed by atoms with Crippen molar-refractivity contribution in [3.8, 4) is 5.75 Å². The minimum Gasteiger partial charge on any atom is -0.496 e. The average molecular weight is 299 g/mol. The molecule has 2 aromatic carbocycles. The Bertz CT molecular complexity index is 624. The molecule has 2 amide bonds. The number of amides is 2. The summed E-state index contributed by atoms with van der Waals surface area (Å²) in [6, 6.07) is 15.0. The molecule has 5 heteroatoms. The van der Waals surface area contributed by atoms with E-state index in [-0.39, 0.29) is 6.03 Å². The number of urea groups is 1. The van der Waals surface area contributed by atoms with Crippen molar-refractivity contribution < 1.29 is 9.53 Å². The Labute approximate surface area is 130 Å². The smallest absolute Gasteiger partial charge is 0.319 e. The van der Waals surface area contributed by atoms with Crippen LogP contribution in [0.25, 0.3) is 0 Å². The monoisotopic (exact) mass is 299 g/mol. The molecule has 2 rings (SSSR count). The number of ether oxygens (including phenoxy) is 1. The number of hydrogen-bond acceptors (Lipinski definition) is 3. The predicted molar refractivity (Wildman–Crippen MR) is 89.6 cm³/mol. The molecule has 2 N–H and O–H groups in total. The number of nitrogens with zero attached hydrogens (tertiary/aromatic N) is 1. The molecule has 0 radical (unpaired) electrons. The van der Waals surface area contributed by atoms with E-state index in [1.807, 2.05) is 67.5 Å². The van der Waals surface area contributed by atoms with Gasteiger partial charge < -0.3 is 20.3 Å². The number of nitrogens with one attached hydrogen (secondary N) is 2. The van der Waals surface area contributed by atoms with E-state index in [0.29, 0.717) is 6.54 Å². The van der Waals surface area contributed by atoms with Crippen LogP contribution < -0.4 is 20.3 Å². The summed E-state index contributed by atoms with van der Waals surface area (Å²) in [6.07, 6.45) is 0. The Morgan fingerprint density at radius 2 is 1.77 bits per heavy atom. The Morgan fingerprint density at radius 3 is 2.41 bits per heavy atom. The largest absolute Gasteiger partial charge is 0.496 e. The number of rotatable bonds is 5. The lowest BCUT2D eigenvalue weighted by atomic mass is 10.2. The van der Waals surface area contributed by atoms with Crippen LogP contribution in [-0.4, -0.2) is 27.2 Å². The normalized spacial score (nSPS) is 9.95. The van der Waals surface area contributed by atoms with Gasteiger partial charge in [0.2, 0.25) is 0 Å². The molecule has 0 aliphatic carbocycles. The van der Waals surface area contributed by atoms with Crippen LogP contribution >= 0.6 is 0 Å². The van der Waals surface area contributed by atoms with Gasteiger partial charge >= 0.3 is 6.03 Å². The Kier molecular flexibility index (Phi) is 5.25. The van der Waals surface area contributed by atoms with Crippen molar-refractivity contribution in [2.75, 3.05) is 31.4 Å². The summed E-state index contributed by atoms with van der Waals surface area (Å²) < 4.78 is 5.26. The molecule has 2 aromatic rings. The molecule has 0 saturated carbocycles. The third kappa shape index (κ3) is 4.15. The molecule has 0 heterocycles. The minimum atomic E-state index is -0.247. The van der Waals surface area contributed by atoms with Crippen molar-refractivity contribution >= 4 is 17.4 Å². The summed E-state index contributed by atoms with van der Waals surface area (Å²) in [4.78, 5) is 13.9. The molecule has 0 unspecified atom stereocenters. The second-order valence-electron chi connectivity index (χ2n) is 5.06. The molecule has 0 bridgehead atoms. The quantitative estimate of drug-likeness (QED) is 0.892. The molecule has 0 saturated heterocycles. The highest BCUT2D eigenvalue weighted by Crippen LogP contribution is 2.17. The second-order valence-corrected chi connectivity index (χ2v) is 5.06. The van der Waals surface area contributed by atoms with Crippen LogP contribution in [0.1, 0.15) is 5.56 Å². The first kappa shape index (κ1) is 15.7. The molecule has 5 nitrogen and oxygen atoms in total. The fourth-order valence-electron chi connectivity index (χ4n) is 2.04. The lowest BCUT2D eigenvalue weighted by Gasteiger charge is -2.13. The SMILES string of the molecule is COc1ccccc1CNC(=O)Nc1ccc(N(C)C)cc1. The number of methoxy groups -OCH3 is 1. The van der Waals surface area contributed by atoms with Crippen LogP contribution in [0.4, 0.5) is 16.2 Å². The number of anilines is 2. The zero-order valence-corrected chi connectivity index (χ0v) is 13.1. The van der Waals surface area contributed by atoms with Crippen LogP contribution in [0.3, 0.4) is 0 Å². The first-order chi connectivity index (χ1) is 10.6. The fourth-order valence-corrected chi connectivity index (χ4v) is 2.04. The Morgan fingerprint density at radius 1 is 1.09 bits per heavy atom. The van der Waals surface area contributed by atoms with Gasteiger partial charge in [-0.25, -0.2) is 4.79 Å². The van der Waals surface area contributed by atoms with E-state index in [9.17, 15) is 4.79 Å². The van der Waals surface area contributed by atoms with Crippen LogP contribution in [0.15, 0.2) is 48.5 Å². The number of carbonyl (C=O) groups is 1. The van der Waals surface area contributed by atoms with Gasteiger partial charge in [-0.05, 0) is 30.3 Å². The maximum atomic E-state index is 11.9. The molecule has 0 aliphatic rings. The van der Waals surface area contributed by atoms with Gasteiger partial charge in [0.25, 0.3) is 0 Å². The van der Waals surface area contributed by atoms with Gasteiger partial charge in [0, 0.05) is 37.6 Å². The van der Waals surface area contributed by atoms with Crippen LogP contribution in [0.5, 0.6) is 5.75 Å². The van der Waals surface area contributed by atoms with E-state index in [1.54, 1.807) is 7.11 Å². The van der Waals surface area contributed by atoms with Crippen LogP contribution in [0, 0.1) is 0 Å². The van der Waals surface area contributed by atoms with Gasteiger partial charge in [-0.3, -0.25) is 0 Å². The summed E-state index contributed by atoms with van der Waals surface area (Å²) in [5.74, 6) is 0.762. The van der Waals surface area contributed by atoms with E-state index < -0.39 is 0 Å². The molecule has 0 aromatic heterocycles. The molecule has 0 aliphatic heterocycles. The van der Waals surface area contributed by atoms with Crippen molar-refractivity contribution in [2.24, 2.45) is 0 Å². The number of benzene rings is 2. The van der Waals surface area contributed by atoms with Crippen molar-refractivity contribution in [3.05, 3.63) is 54.1 Å². The number of para-hydroxylation sites is 1. The average Bonchev–Trinajstić information content (AvgIpc) is 2.53. The van der Waals surface area contributed by atoms with Gasteiger partial charge in [-0.15, -0.1) is 0 Å². The molecule has 116 valence electrons. The Balaban J connectivity index is 1.90. The van der Waals surface area contributed by atoms with E-state index in [2.05, 4.69) is 10.6 Å². The maximum Gasteiger partial charge on any atom is 0.319 e. The van der Waals surface area contributed by atoms with E-state index in [4.69, 9.17) is 4.74 Å². The number of carbonyl (C=O) groups excluding carboxylic acids is 1. The first-order valence-corrected chi connectivity index (χ1v) is 7.04. The van der Waals surface area contributed by atoms with Gasteiger partial charge in [-0.2, -0.15) is 0 Å². The molecule has 0 spiro atoms. The Hall–Kier alpha value is -2.69. The standard InChI is InChI=1S/C17H21N3O2/c1-20(2)15-10-8-14(9-11-15)19-17(21)18-12-13-6-4-5-7-16(13)22-3/h4-11H,12H2,1-3H3,(H2,18,19,21). The predicted octanol–water partition coefficient (Wildman–Crippen LogP) is 3.08. The van der Waals surface area contributed by atoms with Gasteiger partial charge in [-0.1, -0.05) is 18.2 Å². The first-order valence-electron chi connectivity index (χ1n) is 7.04. The summed E-state index contributed by atoms with van der Waals surface area (Å²) >= 11 is 0. The molecule has 0 fully saturated rings. The van der Waals surface area contributed by atoms with Crippen molar-refractivity contribution in [3.63, 3.8) is 0 Å². The molecule has 22 heavy (non-hydrogen) atoms. The summed E-state index contributed by atoms with van der Waals surface area (Å²) in [5, 5.41) is 5.63. The van der Waals surface area contributed by atoms with E-state index >= 15 is 0 Å². The highest BCUT2D eigenvalue weighted by molar-refractivity contribution is 5.89. The van der Waals surface area contributed by atoms with Gasteiger partial charge in [0.15, 0.2) is 0 Å². The van der Waals surface area contributed by atoms with E-state index in [0.717, 1.165) is 22.7 Å². The molecular formula is C17H21N3O2. The van der Waals surface area contributed by atoms with E-state index in [1.165, 1.54) is 0 Å². The van der Waals surface area contributed by atoms with Crippen molar-refractivity contribution in [1.29, 1.82) is 0 Å². The zero-order valence-electron chi connectivity index (χ0n) is 13.1. The fraction of sp³-hybridized carbons (Fsp3) is 0.235. The van der Waals surface area contributed by atoms with Gasteiger partial charge in [0.05, 0.1) is 7.11 Å². The molecular weight excluding hydrogens is 278 g/mol. The highest BCUT2D eigenvalue weighted by Gasteiger charge is 2.05. The third-order valence-electron chi connectivity index (χ3n) is 3.27. The summed E-state index contributed by atoms with van der Waals surface area (Å²) in [7, 11) is 5.57. The lowest BCUT2D eigenvalue weighted by Crippen LogP contribution is -2.28. The van der Waals surface area contributed by atoms with Crippen LogP contribution in [0.2, 0.25) is 0 Å². The maximum absolute atomic E-state index is 11.9. The van der Waals surface area contributed by atoms with Gasteiger partial charge in [0.1, 0.15) is 5.75 Å². The van der Waals surface area contributed by atoms with Crippen molar-refractivity contribution in [2.45, 2.75) is 6.54 Å². The second kappa shape index (κ2) is 7.36. The molecule has 0 atom stereocenters. The third-order valence-corrected chi connectivity index (χ3v) is 3.27.